The second kappa shape index (κ2) is 4.26. The van der Waals surface area contributed by atoms with Crippen molar-refractivity contribution >= 4 is 5.97 Å². The van der Waals surface area contributed by atoms with Crippen LogP contribution in [0, 0.1) is 0 Å². The van der Waals surface area contributed by atoms with Gasteiger partial charge in [0.15, 0.2) is 0 Å². The molecule has 3 heteroatoms. The Labute approximate surface area is 72.0 Å². The van der Waals surface area contributed by atoms with Crippen LogP contribution < -0.4 is 0 Å². The minimum atomic E-state index is -0.512. The van der Waals surface area contributed by atoms with Crippen molar-refractivity contribution in [2.24, 2.45) is 0 Å². The largest absolute Gasteiger partial charge is 0.462 e. The molecule has 2 unspecified atom stereocenters. The molecular formula is C9H14O3. The molecule has 3 nitrogen and oxygen atoms in total. The van der Waals surface area contributed by atoms with E-state index in [0.717, 1.165) is 0 Å². The summed E-state index contributed by atoms with van der Waals surface area (Å²) in [6.45, 7) is 1.92. The van der Waals surface area contributed by atoms with Crippen molar-refractivity contribution in [3.8, 4) is 0 Å². The molecule has 12 heavy (non-hydrogen) atoms. The molecule has 1 heterocycles. The fourth-order valence-corrected chi connectivity index (χ4v) is 1.29. The average Bonchev–Trinajstić information content (AvgIpc) is 1.99. The Hall–Kier alpha value is -0.830. The van der Waals surface area contributed by atoms with E-state index in [0.29, 0.717) is 12.8 Å². The molecule has 68 valence electrons. The third-order valence-corrected chi connectivity index (χ3v) is 1.87. The van der Waals surface area contributed by atoms with Crippen LogP contribution in [0.4, 0.5) is 0 Å². The quantitative estimate of drug-likeness (QED) is 0.497. The summed E-state index contributed by atoms with van der Waals surface area (Å²) in [6.07, 6.45) is 4.63. The Balaban J connectivity index is 2.38. The third-order valence-electron chi connectivity index (χ3n) is 1.87. The van der Waals surface area contributed by atoms with Crippen LogP contribution in [0.15, 0.2) is 12.2 Å². The zero-order valence-corrected chi connectivity index (χ0v) is 7.19. The maximum atomic E-state index is 10.8. The molecule has 0 aliphatic carbocycles. The standard InChI is InChI=1S/C9H14O3/c1-2-3-4-8-5-7(10)6-9(11)12-8/h2-3,7-8,10H,4-6H2,1H3/b3-2+. The first-order valence-corrected chi connectivity index (χ1v) is 4.21. The van der Waals surface area contributed by atoms with E-state index in [1.165, 1.54) is 0 Å². The lowest BCUT2D eigenvalue weighted by Gasteiger charge is -2.24. The maximum absolute atomic E-state index is 10.8. The highest BCUT2D eigenvalue weighted by atomic mass is 16.5. The summed E-state index contributed by atoms with van der Waals surface area (Å²) in [5.74, 6) is -0.289. The number of hydrogen-bond donors (Lipinski definition) is 1. The van der Waals surface area contributed by atoms with Crippen molar-refractivity contribution in [2.45, 2.75) is 38.4 Å². The van der Waals surface area contributed by atoms with Crippen LogP contribution in [0.3, 0.4) is 0 Å². The van der Waals surface area contributed by atoms with Gasteiger partial charge in [-0.05, 0) is 6.92 Å². The van der Waals surface area contributed by atoms with Crippen molar-refractivity contribution in [3.05, 3.63) is 12.2 Å². The van der Waals surface area contributed by atoms with E-state index in [4.69, 9.17) is 4.74 Å². The molecule has 0 aromatic heterocycles. The summed E-state index contributed by atoms with van der Waals surface area (Å²) in [5.41, 5.74) is 0. The molecule has 0 amide bonds. The zero-order chi connectivity index (χ0) is 8.97. The molecule has 2 atom stereocenters. The SMILES string of the molecule is C/C=C/CC1CC(O)CC(=O)O1. The van der Waals surface area contributed by atoms with Gasteiger partial charge in [0.25, 0.3) is 0 Å². The molecular weight excluding hydrogens is 156 g/mol. The Morgan fingerprint density at radius 1 is 1.75 bits per heavy atom. The number of ether oxygens (including phenoxy) is 1. The number of esters is 1. The minimum Gasteiger partial charge on any atom is -0.462 e. The average molecular weight is 170 g/mol. The van der Waals surface area contributed by atoms with Gasteiger partial charge in [0.2, 0.25) is 0 Å². The molecule has 1 aliphatic rings. The number of carbonyl (C=O) groups excluding carboxylic acids is 1. The Bertz CT molecular complexity index is 186. The zero-order valence-electron chi connectivity index (χ0n) is 7.19. The van der Waals surface area contributed by atoms with Crippen LogP contribution in [0.1, 0.15) is 26.2 Å². The summed E-state index contributed by atoms with van der Waals surface area (Å²) < 4.78 is 5.01. The van der Waals surface area contributed by atoms with Crippen molar-refractivity contribution in [1.82, 2.24) is 0 Å². The molecule has 0 bridgehead atoms. The maximum Gasteiger partial charge on any atom is 0.308 e. The minimum absolute atomic E-state index is 0.127. The monoisotopic (exact) mass is 170 g/mol. The number of hydrogen-bond acceptors (Lipinski definition) is 3. The van der Waals surface area contributed by atoms with Crippen molar-refractivity contribution < 1.29 is 14.6 Å². The molecule has 1 N–H and O–H groups in total. The smallest absolute Gasteiger partial charge is 0.308 e. The number of rotatable bonds is 2. The van der Waals surface area contributed by atoms with Gasteiger partial charge < -0.3 is 9.84 Å². The Morgan fingerprint density at radius 2 is 2.50 bits per heavy atom. The van der Waals surface area contributed by atoms with E-state index in [2.05, 4.69) is 0 Å². The van der Waals surface area contributed by atoms with E-state index in [1.54, 1.807) is 0 Å². The second-order valence-electron chi connectivity index (χ2n) is 3.01. The predicted octanol–water partition coefficient (Wildman–Crippen LogP) is 1.02. The van der Waals surface area contributed by atoms with Crippen LogP contribution in [0.25, 0.3) is 0 Å². The summed E-state index contributed by atoms with van der Waals surface area (Å²) in [7, 11) is 0. The molecule has 0 spiro atoms. The van der Waals surface area contributed by atoms with Crippen LogP contribution in [0.2, 0.25) is 0 Å². The van der Waals surface area contributed by atoms with Crippen LogP contribution in [-0.4, -0.2) is 23.3 Å². The first kappa shape index (κ1) is 9.26. The molecule has 0 radical (unpaired) electrons. The first-order valence-electron chi connectivity index (χ1n) is 4.21. The van der Waals surface area contributed by atoms with Crippen LogP contribution in [0.5, 0.6) is 0 Å². The number of carbonyl (C=O) groups is 1. The fourth-order valence-electron chi connectivity index (χ4n) is 1.29. The summed E-state index contributed by atoms with van der Waals surface area (Å²) in [4.78, 5) is 10.8. The molecule has 1 saturated heterocycles. The van der Waals surface area contributed by atoms with Gasteiger partial charge in [-0.3, -0.25) is 4.79 Å². The van der Waals surface area contributed by atoms with Gasteiger partial charge in [-0.25, -0.2) is 0 Å². The van der Waals surface area contributed by atoms with Gasteiger partial charge in [-0.1, -0.05) is 12.2 Å². The van der Waals surface area contributed by atoms with E-state index >= 15 is 0 Å². The highest BCUT2D eigenvalue weighted by Gasteiger charge is 2.25. The lowest BCUT2D eigenvalue weighted by atomic mass is 10.0. The summed E-state index contributed by atoms with van der Waals surface area (Å²) in [6, 6.07) is 0. The molecule has 1 aliphatic heterocycles. The third kappa shape index (κ3) is 2.66. The van der Waals surface area contributed by atoms with E-state index in [1.807, 2.05) is 19.1 Å². The topological polar surface area (TPSA) is 46.5 Å². The normalized spacial score (nSPS) is 30.7. The van der Waals surface area contributed by atoms with Crippen LogP contribution >= 0.6 is 0 Å². The van der Waals surface area contributed by atoms with E-state index in [9.17, 15) is 9.90 Å². The molecule has 0 aromatic carbocycles. The van der Waals surface area contributed by atoms with E-state index in [-0.39, 0.29) is 18.5 Å². The number of cyclic esters (lactones) is 1. The van der Waals surface area contributed by atoms with E-state index < -0.39 is 6.10 Å². The van der Waals surface area contributed by atoms with Gasteiger partial charge in [-0.15, -0.1) is 0 Å². The second-order valence-corrected chi connectivity index (χ2v) is 3.01. The van der Waals surface area contributed by atoms with Gasteiger partial charge in [0, 0.05) is 12.8 Å². The number of aliphatic hydroxyl groups excluding tert-OH is 1. The van der Waals surface area contributed by atoms with Crippen molar-refractivity contribution in [1.29, 1.82) is 0 Å². The number of aliphatic hydroxyl groups is 1. The molecule has 1 rings (SSSR count). The van der Waals surface area contributed by atoms with Gasteiger partial charge in [-0.2, -0.15) is 0 Å². The van der Waals surface area contributed by atoms with Gasteiger partial charge in [0.05, 0.1) is 12.5 Å². The summed E-state index contributed by atoms with van der Waals surface area (Å²) >= 11 is 0. The Morgan fingerprint density at radius 3 is 3.08 bits per heavy atom. The lowest BCUT2D eigenvalue weighted by Crippen LogP contribution is -2.32. The fraction of sp³-hybridized carbons (Fsp3) is 0.667. The van der Waals surface area contributed by atoms with Crippen molar-refractivity contribution in [3.63, 3.8) is 0 Å². The molecule has 0 aromatic rings. The molecule has 1 fully saturated rings. The predicted molar refractivity (Wildman–Crippen MR) is 44.6 cm³/mol. The van der Waals surface area contributed by atoms with Crippen molar-refractivity contribution in [2.75, 3.05) is 0 Å². The highest BCUT2D eigenvalue weighted by molar-refractivity contribution is 5.70. The number of allylic oxidation sites excluding steroid dienone is 1. The van der Waals surface area contributed by atoms with Crippen LogP contribution in [-0.2, 0) is 9.53 Å². The summed E-state index contributed by atoms with van der Waals surface area (Å²) in [5, 5.41) is 9.22. The molecule has 0 saturated carbocycles. The highest BCUT2D eigenvalue weighted by Crippen LogP contribution is 2.17. The van der Waals surface area contributed by atoms with Gasteiger partial charge in [0.1, 0.15) is 6.10 Å². The lowest BCUT2D eigenvalue weighted by molar-refractivity contribution is -0.159. The Kier molecular flexibility index (Phi) is 3.29. The van der Waals surface area contributed by atoms with Gasteiger partial charge >= 0.3 is 5.97 Å². The first-order chi connectivity index (χ1) is 5.72.